The van der Waals surface area contributed by atoms with E-state index in [2.05, 4.69) is 15.3 Å². The van der Waals surface area contributed by atoms with E-state index in [9.17, 15) is 4.79 Å². The van der Waals surface area contributed by atoms with E-state index >= 15 is 0 Å². The normalized spacial score (nSPS) is 10.5. The molecule has 128 valence electrons. The second-order valence-corrected chi connectivity index (χ2v) is 6.10. The van der Waals surface area contributed by atoms with E-state index in [0.29, 0.717) is 27.2 Å². The number of aromatic nitrogens is 2. The van der Waals surface area contributed by atoms with Gasteiger partial charge in [-0.2, -0.15) is 0 Å². The van der Waals surface area contributed by atoms with Crippen molar-refractivity contribution in [2.75, 3.05) is 18.4 Å². The van der Waals surface area contributed by atoms with Gasteiger partial charge in [0.1, 0.15) is 0 Å². The van der Waals surface area contributed by atoms with Gasteiger partial charge in [0.05, 0.1) is 21.3 Å². The molecule has 1 heterocycles. The minimum Gasteiger partial charge on any atom is -0.339 e. The van der Waals surface area contributed by atoms with Crippen LogP contribution in [0.15, 0.2) is 30.6 Å². The van der Waals surface area contributed by atoms with Gasteiger partial charge in [0.15, 0.2) is 0 Å². The number of nitrogens with one attached hydrogen (secondary N) is 1. The van der Waals surface area contributed by atoms with Gasteiger partial charge >= 0.3 is 0 Å². The number of halogens is 2. The highest BCUT2D eigenvalue weighted by Gasteiger charge is 2.15. The van der Waals surface area contributed by atoms with E-state index in [1.807, 2.05) is 18.7 Å². The lowest BCUT2D eigenvalue weighted by atomic mass is 10.2. The molecule has 1 amide bonds. The number of carbonyl (C=O) groups excluding carboxylic acids is 1. The fraction of sp³-hybridized carbons (Fsp3) is 0.353. The molecular weight excluding hydrogens is 347 g/mol. The van der Waals surface area contributed by atoms with Crippen molar-refractivity contribution in [2.24, 2.45) is 0 Å². The standard InChI is InChI=1S/C17H20Cl2N4O/c1-3-8-23(9-4-2)16(24)12-10-20-17(21-11-12)22-14-7-5-6-13(18)15(14)19/h5-7,10-11H,3-4,8-9H2,1-2H3,(H,20,21,22). The first kappa shape index (κ1) is 18.5. The van der Waals surface area contributed by atoms with E-state index in [-0.39, 0.29) is 5.91 Å². The van der Waals surface area contributed by atoms with Crippen LogP contribution in [0.3, 0.4) is 0 Å². The maximum Gasteiger partial charge on any atom is 0.256 e. The van der Waals surface area contributed by atoms with Crippen molar-refractivity contribution >= 4 is 40.7 Å². The second-order valence-electron chi connectivity index (χ2n) is 5.31. The first-order valence-electron chi connectivity index (χ1n) is 7.89. The monoisotopic (exact) mass is 366 g/mol. The molecule has 1 N–H and O–H groups in total. The SMILES string of the molecule is CCCN(CCC)C(=O)c1cnc(Nc2cccc(Cl)c2Cl)nc1. The maximum atomic E-state index is 12.5. The fourth-order valence-electron chi connectivity index (χ4n) is 2.26. The summed E-state index contributed by atoms with van der Waals surface area (Å²) in [6.45, 7) is 5.55. The van der Waals surface area contributed by atoms with Crippen molar-refractivity contribution in [3.8, 4) is 0 Å². The van der Waals surface area contributed by atoms with Crippen LogP contribution in [0.5, 0.6) is 0 Å². The zero-order valence-electron chi connectivity index (χ0n) is 13.7. The summed E-state index contributed by atoms with van der Waals surface area (Å²) < 4.78 is 0. The van der Waals surface area contributed by atoms with E-state index < -0.39 is 0 Å². The molecule has 5 nitrogen and oxygen atoms in total. The van der Waals surface area contributed by atoms with Crippen LogP contribution >= 0.6 is 23.2 Å². The summed E-state index contributed by atoms with van der Waals surface area (Å²) in [6.07, 6.45) is 4.88. The maximum absolute atomic E-state index is 12.5. The molecule has 0 atom stereocenters. The minimum absolute atomic E-state index is 0.0500. The van der Waals surface area contributed by atoms with Gasteiger partial charge in [0, 0.05) is 25.5 Å². The number of hydrogen-bond acceptors (Lipinski definition) is 4. The van der Waals surface area contributed by atoms with Gasteiger partial charge in [-0.05, 0) is 25.0 Å². The number of amides is 1. The fourth-order valence-corrected chi connectivity index (χ4v) is 2.61. The Morgan fingerprint density at radius 1 is 1.12 bits per heavy atom. The Bertz CT molecular complexity index is 685. The molecule has 7 heteroatoms. The Hall–Kier alpha value is -1.85. The summed E-state index contributed by atoms with van der Waals surface area (Å²) in [5.41, 5.74) is 1.08. The number of nitrogens with zero attached hydrogens (tertiary/aromatic N) is 3. The molecule has 0 saturated heterocycles. The van der Waals surface area contributed by atoms with Crippen LogP contribution in [-0.4, -0.2) is 33.9 Å². The highest BCUT2D eigenvalue weighted by atomic mass is 35.5. The van der Waals surface area contributed by atoms with Crippen molar-refractivity contribution in [1.82, 2.24) is 14.9 Å². The molecule has 24 heavy (non-hydrogen) atoms. The second kappa shape index (κ2) is 8.85. The van der Waals surface area contributed by atoms with Crippen LogP contribution in [-0.2, 0) is 0 Å². The lowest BCUT2D eigenvalue weighted by Gasteiger charge is -2.21. The Morgan fingerprint density at radius 2 is 1.75 bits per heavy atom. The minimum atomic E-state index is -0.0500. The number of benzene rings is 1. The summed E-state index contributed by atoms with van der Waals surface area (Å²) in [6, 6.07) is 5.26. The highest BCUT2D eigenvalue weighted by Crippen LogP contribution is 2.30. The lowest BCUT2D eigenvalue weighted by molar-refractivity contribution is 0.0755. The van der Waals surface area contributed by atoms with Crippen LogP contribution in [0.4, 0.5) is 11.6 Å². The lowest BCUT2D eigenvalue weighted by Crippen LogP contribution is -2.32. The van der Waals surface area contributed by atoms with Crippen LogP contribution in [0.1, 0.15) is 37.0 Å². The Balaban J connectivity index is 2.12. The highest BCUT2D eigenvalue weighted by molar-refractivity contribution is 6.43. The third kappa shape index (κ3) is 4.58. The molecule has 0 spiro atoms. The summed E-state index contributed by atoms with van der Waals surface area (Å²) in [5.74, 6) is 0.305. The Morgan fingerprint density at radius 3 is 2.33 bits per heavy atom. The molecule has 0 radical (unpaired) electrons. The van der Waals surface area contributed by atoms with E-state index in [1.165, 1.54) is 12.4 Å². The van der Waals surface area contributed by atoms with Gasteiger partial charge in [-0.15, -0.1) is 0 Å². The zero-order valence-corrected chi connectivity index (χ0v) is 15.2. The molecule has 0 saturated carbocycles. The first-order chi connectivity index (χ1) is 11.6. The van der Waals surface area contributed by atoms with Crippen LogP contribution in [0, 0.1) is 0 Å². The van der Waals surface area contributed by atoms with E-state index in [0.717, 1.165) is 25.9 Å². The molecule has 0 aliphatic rings. The third-order valence-corrected chi connectivity index (χ3v) is 4.19. The van der Waals surface area contributed by atoms with Gasteiger partial charge in [-0.1, -0.05) is 43.1 Å². The van der Waals surface area contributed by atoms with E-state index in [4.69, 9.17) is 23.2 Å². The molecular formula is C17H20Cl2N4O. The molecule has 1 aromatic carbocycles. The number of carbonyl (C=O) groups is 1. The van der Waals surface area contributed by atoms with E-state index in [1.54, 1.807) is 18.2 Å². The molecule has 2 aromatic rings. The summed E-state index contributed by atoms with van der Waals surface area (Å²) in [7, 11) is 0. The van der Waals surface area contributed by atoms with Crippen molar-refractivity contribution in [3.63, 3.8) is 0 Å². The summed E-state index contributed by atoms with van der Waals surface area (Å²) in [4.78, 5) is 22.7. The third-order valence-electron chi connectivity index (χ3n) is 3.37. The Labute approximate surface area is 152 Å². The van der Waals surface area contributed by atoms with Gasteiger partial charge in [0.25, 0.3) is 5.91 Å². The topological polar surface area (TPSA) is 58.1 Å². The number of anilines is 2. The van der Waals surface area contributed by atoms with Crippen LogP contribution in [0.2, 0.25) is 10.0 Å². The Kier molecular flexibility index (Phi) is 6.82. The van der Waals surface area contributed by atoms with Gasteiger partial charge < -0.3 is 10.2 Å². The molecule has 0 unspecified atom stereocenters. The molecule has 0 bridgehead atoms. The average Bonchev–Trinajstić information content (AvgIpc) is 2.59. The molecule has 1 aromatic heterocycles. The predicted octanol–water partition coefficient (Wildman–Crippen LogP) is 4.79. The van der Waals surface area contributed by atoms with Crippen LogP contribution < -0.4 is 5.32 Å². The molecule has 0 aliphatic heterocycles. The zero-order chi connectivity index (χ0) is 17.5. The van der Waals surface area contributed by atoms with Crippen molar-refractivity contribution in [1.29, 1.82) is 0 Å². The van der Waals surface area contributed by atoms with Crippen LogP contribution in [0.25, 0.3) is 0 Å². The quantitative estimate of drug-likeness (QED) is 0.765. The molecule has 0 aliphatic carbocycles. The number of rotatable bonds is 7. The summed E-state index contributed by atoms with van der Waals surface area (Å²) >= 11 is 12.1. The predicted molar refractivity (Wildman–Crippen MR) is 98.3 cm³/mol. The van der Waals surface area contributed by atoms with Gasteiger partial charge in [0.2, 0.25) is 5.95 Å². The molecule has 0 fully saturated rings. The smallest absolute Gasteiger partial charge is 0.256 e. The average molecular weight is 367 g/mol. The summed E-state index contributed by atoms with van der Waals surface area (Å²) in [5, 5.41) is 3.85. The molecule has 2 rings (SSSR count). The van der Waals surface area contributed by atoms with Gasteiger partial charge in [-0.25, -0.2) is 9.97 Å². The first-order valence-corrected chi connectivity index (χ1v) is 8.64. The van der Waals surface area contributed by atoms with Gasteiger partial charge in [-0.3, -0.25) is 4.79 Å². The largest absolute Gasteiger partial charge is 0.339 e. The van der Waals surface area contributed by atoms with Crippen molar-refractivity contribution < 1.29 is 4.79 Å². The van der Waals surface area contributed by atoms with Crippen molar-refractivity contribution in [2.45, 2.75) is 26.7 Å². The number of hydrogen-bond donors (Lipinski definition) is 1. The van der Waals surface area contributed by atoms with Crippen molar-refractivity contribution in [3.05, 3.63) is 46.2 Å².